The van der Waals surface area contributed by atoms with Gasteiger partial charge in [-0.25, -0.2) is 0 Å². The number of nitrogens with two attached hydrogens (primary N) is 1. The molecule has 0 aliphatic heterocycles. The molecule has 2 N–H and O–H groups in total. The second-order valence-electron chi connectivity index (χ2n) is 5.09. The third-order valence-corrected chi connectivity index (χ3v) is 3.83. The second kappa shape index (κ2) is 4.21. The van der Waals surface area contributed by atoms with Gasteiger partial charge in [0.1, 0.15) is 0 Å². The zero-order chi connectivity index (χ0) is 12.6. The quantitative estimate of drug-likeness (QED) is 0.891. The van der Waals surface area contributed by atoms with E-state index in [0.717, 1.165) is 19.3 Å². The lowest BCUT2D eigenvalue weighted by Crippen LogP contribution is -2.20. The predicted octanol–water partition coefficient (Wildman–Crippen LogP) is 3.26. The Balaban J connectivity index is 2.17. The van der Waals surface area contributed by atoms with E-state index in [9.17, 15) is 0 Å². The van der Waals surface area contributed by atoms with Crippen molar-refractivity contribution in [1.29, 1.82) is 0 Å². The first-order valence-electron chi connectivity index (χ1n) is 6.56. The Bertz CT molecular complexity index is 571. The molecule has 1 aliphatic rings. The maximum absolute atomic E-state index is 6.36. The Morgan fingerprint density at radius 2 is 1.94 bits per heavy atom. The lowest BCUT2D eigenvalue weighted by Gasteiger charge is -2.16. The number of hydrogen-bond acceptors (Lipinski definition) is 2. The lowest BCUT2D eigenvalue weighted by atomic mass is 9.92. The molecule has 3 rings (SSSR count). The van der Waals surface area contributed by atoms with Crippen LogP contribution in [0.3, 0.4) is 0 Å². The highest BCUT2D eigenvalue weighted by Gasteiger charge is 2.41. The molecule has 0 amide bonds. The molecule has 0 spiro atoms. The van der Waals surface area contributed by atoms with Gasteiger partial charge in [0.15, 0.2) is 0 Å². The summed E-state index contributed by atoms with van der Waals surface area (Å²) < 4.78 is 0. The summed E-state index contributed by atoms with van der Waals surface area (Å²) >= 11 is 0. The van der Waals surface area contributed by atoms with Crippen molar-refractivity contribution < 1.29 is 0 Å². The van der Waals surface area contributed by atoms with E-state index >= 15 is 0 Å². The van der Waals surface area contributed by atoms with Crippen molar-refractivity contribution >= 4 is 0 Å². The monoisotopic (exact) mass is 238 g/mol. The maximum atomic E-state index is 6.36. The van der Waals surface area contributed by atoms with Gasteiger partial charge in [0.25, 0.3) is 0 Å². The highest BCUT2D eigenvalue weighted by atomic mass is 14.8. The Morgan fingerprint density at radius 1 is 1.17 bits per heavy atom. The van der Waals surface area contributed by atoms with Gasteiger partial charge in [-0.3, -0.25) is 4.98 Å². The standard InChI is InChI=1S/C16H18N2/c1-2-12-5-3-4-6-13(12)14-7-10-18-11-15(14)16(17)8-9-16/h3-7,10-11H,2,8-9,17H2,1H3. The van der Waals surface area contributed by atoms with Crippen molar-refractivity contribution in [2.24, 2.45) is 5.73 Å². The molecule has 2 nitrogen and oxygen atoms in total. The molecule has 2 aromatic rings. The van der Waals surface area contributed by atoms with E-state index in [4.69, 9.17) is 5.73 Å². The summed E-state index contributed by atoms with van der Waals surface area (Å²) in [7, 11) is 0. The summed E-state index contributed by atoms with van der Waals surface area (Å²) in [5.74, 6) is 0. The van der Waals surface area contributed by atoms with Gasteiger partial charge in [-0.15, -0.1) is 0 Å². The minimum Gasteiger partial charge on any atom is -0.321 e. The van der Waals surface area contributed by atoms with Crippen molar-refractivity contribution in [3.63, 3.8) is 0 Å². The van der Waals surface area contributed by atoms with Gasteiger partial charge in [-0.2, -0.15) is 0 Å². The first-order chi connectivity index (χ1) is 8.74. The van der Waals surface area contributed by atoms with E-state index in [-0.39, 0.29) is 5.54 Å². The summed E-state index contributed by atoms with van der Waals surface area (Å²) in [4.78, 5) is 4.25. The van der Waals surface area contributed by atoms with Crippen molar-refractivity contribution in [2.45, 2.75) is 31.7 Å². The number of benzene rings is 1. The van der Waals surface area contributed by atoms with Crippen LogP contribution in [0.25, 0.3) is 11.1 Å². The minimum absolute atomic E-state index is 0.134. The van der Waals surface area contributed by atoms with E-state index in [1.807, 2.05) is 12.4 Å². The third-order valence-electron chi connectivity index (χ3n) is 3.83. The fourth-order valence-corrected chi connectivity index (χ4v) is 2.52. The number of pyridine rings is 1. The van der Waals surface area contributed by atoms with Gasteiger partial charge in [0, 0.05) is 17.9 Å². The highest BCUT2D eigenvalue weighted by molar-refractivity contribution is 5.72. The number of aryl methyl sites for hydroxylation is 1. The molecule has 1 heterocycles. The summed E-state index contributed by atoms with van der Waals surface area (Å²) in [6.07, 6.45) is 6.97. The van der Waals surface area contributed by atoms with Crippen LogP contribution in [0.4, 0.5) is 0 Å². The van der Waals surface area contributed by atoms with Crippen LogP contribution < -0.4 is 5.73 Å². The van der Waals surface area contributed by atoms with Gasteiger partial charge in [0.2, 0.25) is 0 Å². The number of hydrogen-bond donors (Lipinski definition) is 1. The zero-order valence-electron chi connectivity index (χ0n) is 10.7. The number of aromatic nitrogens is 1. The number of nitrogens with zero attached hydrogens (tertiary/aromatic N) is 1. The summed E-state index contributed by atoms with van der Waals surface area (Å²) in [6, 6.07) is 10.7. The minimum atomic E-state index is -0.134. The van der Waals surface area contributed by atoms with Crippen LogP contribution >= 0.6 is 0 Å². The van der Waals surface area contributed by atoms with Crippen LogP contribution in [0.15, 0.2) is 42.7 Å². The van der Waals surface area contributed by atoms with E-state index in [0.29, 0.717) is 0 Å². The molecule has 1 aromatic carbocycles. The SMILES string of the molecule is CCc1ccccc1-c1ccncc1C1(N)CC1. The normalized spacial score (nSPS) is 16.6. The predicted molar refractivity (Wildman–Crippen MR) is 74.2 cm³/mol. The molecule has 1 saturated carbocycles. The first kappa shape index (κ1) is 11.4. The van der Waals surface area contributed by atoms with E-state index in [1.165, 1.54) is 22.3 Å². The fraction of sp³-hybridized carbons (Fsp3) is 0.312. The van der Waals surface area contributed by atoms with Crippen molar-refractivity contribution in [1.82, 2.24) is 4.98 Å². The van der Waals surface area contributed by atoms with Gasteiger partial charge in [-0.05, 0) is 47.6 Å². The fourth-order valence-electron chi connectivity index (χ4n) is 2.52. The molecule has 0 radical (unpaired) electrons. The van der Waals surface area contributed by atoms with Gasteiger partial charge >= 0.3 is 0 Å². The smallest absolute Gasteiger partial charge is 0.0432 e. The Kier molecular flexibility index (Phi) is 2.67. The molecule has 0 bridgehead atoms. The van der Waals surface area contributed by atoms with Gasteiger partial charge in [0.05, 0.1) is 0 Å². The van der Waals surface area contributed by atoms with Crippen molar-refractivity contribution in [2.75, 3.05) is 0 Å². The van der Waals surface area contributed by atoms with Crippen LogP contribution in [-0.4, -0.2) is 4.98 Å². The van der Waals surface area contributed by atoms with Crippen molar-refractivity contribution in [3.05, 3.63) is 53.9 Å². The Hall–Kier alpha value is -1.67. The van der Waals surface area contributed by atoms with Crippen LogP contribution in [0.2, 0.25) is 0 Å². The summed E-state index contributed by atoms with van der Waals surface area (Å²) in [5, 5.41) is 0. The molecule has 0 saturated heterocycles. The van der Waals surface area contributed by atoms with Crippen LogP contribution in [0.1, 0.15) is 30.9 Å². The van der Waals surface area contributed by atoms with Crippen LogP contribution in [0, 0.1) is 0 Å². The molecule has 0 unspecified atom stereocenters. The van der Waals surface area contributed by atoms with Crippen molar-refractivity contribution in [3.8, 4) is 11.1 Å². The van der Waals surface area contributed by atoms with Crippen LogP contribution in [0.5, 0.6) is 0 Å². The van der Waals surface area contributed by atoms with Crippen LogP contribution in [-0.2, 0) is 12.0 Å². The molecular weight excluding hydrogens is 220 g/mol. The molecular formula is C16H18N2. The third kappa shape index (κ3) is 1.83. The molecule has 1 aromatic heterocycles. The van der Waals surface area contributed by atoms with Gasteiger partial charge < -0.3 is 5.73 Å². The molecule has 2 heteroatoms. The van der Waals surface area contributed by atoms with E-state index in [2.05, 4.69) is 42.2 Å². The summed E-state index contributed by atoms with van der Waals surface area (Å²) in [6.45, 7) is 2.19. The topological polar surface area (TPSA) is 38.9 Å². The molecule has 1 fully saturated rings. The first-order valence-corrected chi connectivity index (χ1v) is 6.56. The number of rotatable bonds is 3. The Labute approximate surface area is 108 Å². The maximum Gasteiger partial charge on any atom is 0.0432 e. The van der Waals surface area contributed by atoms with E-state index in [1.54, 1.807) is 0 Å². The molecule has 92 valence electrons. The highest BCUT2D eigenvalue weighted by Crippen LogP contribution is 2.46. The summed E-state index contributed by atoms with van der Waals surface area (Å²) in [5.41, 5.74) is 11.3. The van der Waals surface area contributed by atoms with E-state index < -0.39 is 0 Å². The average molecular weight is 238 g/mol. The second-order valence-corrected chi connectivity index (χ2v) is 5.09. The lowest BCUT2D eigenvalue weighted by molar-refractivity contribution is 0.737. The Morgan fingerprint density at radius 3 is 2.67 bits per heavy atom. The largest absolute Gasteiger partial charge is 0.321 e. The average Bonchev–Trinajstić information content (AvgIpc) is 3.18. The van der Waals surface area contributed by atoms with Gasteiger partial charge in [-0.1, -0.05) is 31.2 Å². The molecule has 0 atom stereocenters. The molecule has 1 aliphatic carbocycles. The molecule has 18 heavy (non-hydrogen) atoms. The zero-order valence-corrected chi connectivity index (χ0v) is 10.7.